The molecule has 0 radical (unpaired) electrons. The van der Waals surface area contributed by atoms with E-state index in [-0.39, 0.29) is 29.3 Å². The molecule has 0 fully saturated rings. The molecule has 0 bridgehead atoms. The van der Waals surface area contributed by atoms with E-state index in [0.717, 1.165) is 23.3 Å². The maximum atomic E-state index is 14.1. The second kappa shape index (κ2) is 9.73. The lowest BCUT2D eigenvalue weighted by Crippen LogP contribution is -2.33. The molecule has 6 N–H and O–H groups in total. The van der Waals surface area contributed by atoms with Crippen LogP contribution in [0.5, 0.6) is 11.5 Å². The van der Waals surface area contributed by atoms with Crippen LogP contribution in [0.4, 0.5) is 4.39 Å². The number of hydrogen-bond donors (Lipinski definition) is 3. The molecule has 0 unspecified atom stereocenters. The van der Waals surface area contributed by atoms with Crippen molar-refractivity contribution in [2.75, 3.05) is 13.7 Å². The van der Waals surface area contributed by atoms with Gasteiger partial charge in [0, 0.05) is 24.6 Å². The molecule has 0 aliphatic heterocycles. The third-order valence-corrected chi connectivity index (χ3v) is 5.83. The van der Waals surface area contributed by atoms with E-state index in [4.69, 9.17) is 37.7 Å². The van der Waals surface area contributed by atoms with E-state index < -0.39 is 20.7 Å². The normalized spacial score (nSPS) is 13.8. The Morgan fingerprint density at radius 3 is 2.45 bits per heavy atom. The Balaban J connectivity index is 2.20. The molecule has 2 aromatic rings. The molecule has 160 valence electrons. The van der Waals surface area contributed by atoms with Gasteiger partial charge in [-0.2, -0.15) is 0 Å². The topological polar surface area (TPSA) is 131 Å². The molecule has 2 rings (SSSR count). The maximum Gasteiger partial charge on any atom is 0.241 e. The minimum atomic E-state index is -4.23. The van der Waals surface area contributed by atoms with Crippen LogP contribution < -0.4 is 26.1 Å². The minimum Gasteiger partial charge on any atom is -0.497 e. The third kappa shape index (κ3) is 6.03. The molecule has 0 amide bonds. The second-order valence-corrected chi connectivity index (χ2v) is 8.67. The molecule has 7 nitrogen and oxygen atoms in total. The number of halogens is 2. The zero-order valence-electron chi connectivity index (χ0n) is 16.2. The van der Waals surface area contributed by atoms with Gasteiger partial charge in [-0.15, -0.1) is 0 Å². The minimum absolute atomic E-state index is 0.0102. The van der Waals surface area contributed by atoms with Crippen molar-refractivity contribution in [3.8, 4) is 11.5 Å². The van der Waals surface area contributed by atoms with Crippen LogP contribution in [0.15, 0.2) is 35.2 Å². The number of sulfonamides is 1. The van der Waals surface area contributed by atoms with Gasteiger partial charge in [0.05, 0.1) is 18.7 Å². The Labute approximate surface area is 175 Å². The maximum absolute atomic E-state index is 14.1. The molecular formula is C19H25ClFN3O4S. The Bertz CT molecular complexity index is 970. The SMILES string of the molecule is COc1ccc(C[C@@H](COc2cc(F)c(S(N)(=O)=O)cc2Cl)[C@@H](C)N)c(CN)c1. The molecule has 2 aromatic carbocycles. The van der Waals surface area contributed by atoms with E-state index in [1.807, 2.05) is 25.1 Å². The van der Waals surface area contributed by atoms with Crippen LogP contribution in [0.25, 0.3) is 0 Å². The predicted molar refractivity (Wildman–Crippen MR) is 110 cm³/mol. The fraction of sp³-hybridized carbons (Fsp3) is 0.368. The first-order valence-electron chi connectivity index (χ1n) is 8.82. The highest BCUT2D eigenvalue weighted by Crippen LogP contribution is 2.30. The summed E-state index contributed by atoms with van der Waals surface area (Å²) in [5, 5.41) is 4.91. The molecule has 0 aromatic heterocycles. The van der Waals surface area contributed by atoms with E-state index in [9.17, 15) is 12.8 Å². The van der Waals surface area contributed by atoms with Gasteiger partial charge >= 0.3 is 0 Å². The third-order valence-electron chi connectivity index (χ3n) is 4.60. The molecule has 0 saturated heterocycles. The standard InChI is InChI=1S/C19H25ClFN3O4S/c1-11(23)14(5-12-3-4-15(27-2)6-13(12)9-22)10-28-18-8-17(21)19(7-16(18)20)29(24,25)26/h3-4,6-8,11,14H,5,9-10,22-23H2,1-2H3,(H2,24,25,26)/t11-,14+/m1/s1. The van der Waals surface area contributed by atoms with Gasteiger partial charge in [0.1, 0.15) is 22.2 Å². The highest BCUT2D eigenvalue weighted by molar-refractivity contribution is 7.89. The van der Waals surface area contributed by atoms with Crippen LogP contribution in [0.1, 0.15) is 18.1 Å². The largest absolute Gasteiger partial charge is 0.497 e. The van der Waals surface area contributed by atoms with Crippen LogP contribution in [-0.4, -0.2) is 28.2 Å². The summed E-state index contributed by atoms with van der Waals surface area (Å²) in [6, 6.07) is 7.22. The Hall–Kier alpha value is -1.91. The van der Waals surface area contributed by atoms with Gasteiger partial charge in [-0.1, -0.05) is 17.7 Å². The first-order valence-corrected chi connectivity index (χ1v) is 10.7. The van der Waals surface area contributed by atoms with Crippen molar-refractivity contribution >= 4 is 21.6 Å². The lowest BCUT2D eigenvalue weighted by molar-refractivity contribution is 0.228. The van der Waals surface area contributed by atoms with E-state index >= 15 is 0 Å². The number of benzene rings is 2. The summed E-state index contributed by atoms with van der Waals surface area (Å²) in [5.74, 6) is -0.452. The van der Waals surface area contributed by atoms with Gasteiger partial charge < -0.3 is 20.9 Å². The summed E-state index contributed by atoms with van der Waals surface area (Å²) < 4.78 is 47.7. The van der Waals surface area contributed by atoms with Crippen molar-refractivity contribution in [1.82, 2.24) is 0 Å². The molecule has 0 heterocycles. The predicted octanol–water partition coefficient (Wildman–Crippen LogP) is 2.18. The number of nitrogens with two attached hydrogens (primary N) is 3. The fourth-order valence-corrected chi connectivity index (χ4v) is 3.73. The summed E-state index contributed by atoms with van der Waals surface area (Å²) in [4.78, 5) is -0.690. The molecule has 10 heteroatoms. The average molecular weight is 446 g/mol. The monoisotopic (exact) mass is 445 g/mol. The number of primary sulfonamides is 1. The van der Waals surface area contributed by atoms with Crippen LogP contribution >= 0.6 is 11.6 Å². The van der Waals surface area contributed by atoms with Crippen molar-refractivity contribution in [2.24, 2.45) is 22.5 Å². The molecule has 0 aliphatic carbocycles. The zero-order valence-corrected chi connectivity index (χ0v) is 17.8. The van der Waals surface area contributed by atoms with E-state index in [1.165, 1.54) is 0 Å². The Morgan fingerprint density at radius 2 is 1.90 bits per heavy atom. The van der Waals surface area contributed by atoms with Gasteiger partial charge in [-0.25, -0.2) is 17.9 Å². The van der Waals surface area contributed by atoms with E-state index in [1.54, 1.807) is 7.11 Å². The van der Waals surface area contributed by atoms with Crippen LogP contribution in [0.3, 0.4) is 0 Å². The van der Waals surface area contributed by atoms with Crippen LogP contribution in [-0.2, 0) is 23.0 Å². The van der Waals surface area contributed by atoms with Crippen LogP contribution in [0, 0.1) is 11.7 Å². The van der Waals surface area contributed by atoms with Gasteiger partial charge in [0.25, 0.3) is 0 Å². The smallest absolute Gasteiger partial charge is 0.241 e. The van der Waals surface area contributed by atoms with Gasteiger partial charge in [-0.3, -0.25) is 0 Å². The highest BCUT2D eigenvalue weighted by atomic mass is 35.5. The van der Waals surface area contributed by atoms with Crippen molar-refractivity contribution in [1.29, 1.82) is 0 Å². The summed E-state index contributed by atoms with van der Waals surface area (Å²) in [6.45, 7) is 2.32. The summed E-state index contributed by atoms with van der Waals surface area (Å²) >= 11 is 6.04. The van der Waals surface area contributed by atoms with E-state index in [2.05, 4.69) is 0 Å². The quantitative estimate of drug-likeness (QED) is 0.542. The zero-order chi connectivity index (χ0) is 21.8. The van der Waals surface area contributed by atoms with Crippen molar-refractivity contribution in [3.05, 3.63) is 52.3 Å². The summed E-state index contributed by atoms with van der Waals surface area (Å²) in [7, 11) is -2.65. The number of hydrogen-bond acceptors (Lipinski definition) is 6. The van der Waals surface area contributed by atoms with Gasteiger partial charge in [0.15, 0.2) is 0 Å². The van der Waals surface area contributed by atoms with E-state index in [0.29, 0.717) is 18.7 Å². The molecule has 0 spiro atoms. The molecule has 0 aliphatic rings. The number of methoxy groups -OCH3 is 1. The number of rotatable bonds is 9. The first kappa shape index (κ1) is 23.4. The van der Waals surface area contributed by atoms with Crippen molar-refractivity contribution < 1.29 is 22.3 Å². The molecular weight excluding hydrogens is 421 g/mol. The molecule has 2 atom stereocenters. The Kier molecular flexibility index (Phi) is 7.84. The van der Waals surface area contributed by atoms with Gasteiger partial charge in [-0.05, 0) is 42.7 Å². The highest BCUT2D eigenvalue weighted by Gasteiger charge is 2.21. The van der Waals surface area contributed by atoms with Crippen molar-refractivity contribution in [2.45, 2.75) is 30.8 Å². The summed E-state index contributed by atoms with van der Waals surface area (Å²) in [6.07, 6.45) is 0.573. The lowest BCUT2D eigenvalue weighted by Gasteiger charge is -2.23. The second-order valence-electron chi connectivity index (χ2n) is 6.73. The average Bonchev–Trinajstić information content (AvgIpc) is 2.66. The molecule has 0 saturated carbocycles. The summed E-state index contributed by atoms with van der Waals surface area (Å²) in [5.41, 5.74) is 13.9. The van der Waals surface area contributed by atoms with Crippen LogP contribution in [0.2, 0.25) is 5.02 Å². The molecule has 29 heavy (non-hydrogen) atoms. The van der Waals surface area contributed by atoms with Crippen molar-refractivity contribution in [3.63, 3.8) is 0 Å². The first-order chi connectivity index (χ1) is 13.6. The Morgan fingerprint density at radius 1 is 1.21 bits per heavy atom. The fourth-order valence-electron chi connectivity index (χ4n) is 2.83. The lowest BCUT2D eigenvalue weighted by atomic mass is 9.91. The van der Waals surface area contributed by atoms with Gasteiger partial charge in [0.2, 0.25) is 10.0 Å². The number of ether oxygens (including phenoxy) is 2.